The maximum absolute atomic E-state index is 8.63. The first-order chi connectivity index (χ1) is 6.70. The molecule has 0 aliphatic rings. The summed E-state index contributed by atoms with van der Waals surface area (Å²) in [5.74, 6) is 0.491. The first-order valence-corrected chi connectivity index (χ1v) is 4.75. The van der Waals surface area contributed by atoms with E-state index in [4.69, 9.17) is 15.4 Å². The van der Waals surface area contributed by atoms with Gasteiger partial charge in [-0.25, -0.2) is 0 Å². The van der Waals surface area contributed by atoms with Crippen LogP contribution in [-0.4, -0.2) is 4.98 Å². The molecule has 0 amide bonds. The molecule has 0 atom stereocenters. The van der Waals surface area contributed by atoms with E-state index in [1.54, 1.807) is 11.3 Å². The third-order valence-electron chi connectivity index (χ3n) is 1.71. The van der Waals surface area contributed by atoms with Gasteiger partial charge in [-0.2, -0.15) is 10.2 Å². The zero-order valence-electron chi connectivity index (χ0n) is 7.44. The van der Waals surface area contributed by atoms with Crippen LogP contribution >= 0.6 is 11.3 Å². The summed E-state index contributed by atoms with van der Waals surface area (Å²) in [4.78, 5) is 6.02. The number of hydrogen-bond acceptors (Lipinski definition) is 5. The minimum atomic E-state index is 0.0774. The van der Waals surface area contributed by atoms with Crippen LogP contribution in [0, 0.1) is 18.3 Å². The molecule has 0 fully saturated rings. The Kier molecular flexibility index (Phi) is 1.98. The lowest BCUT2D eigenvalue weighted by molar-refractivity contribution is 0.595. The molecule has 14 heavy (non-hydrogen) atoms. The summed E-state index contributed by atoms with van der Waals surface area (Å²) < 4.78 is 5.16. The highest BCUT2D eigenvalue weighted by Gasteiger charge is 2.12. The van der Waals surface area contributed by atoms with Gasteiger partial charge in [-0.3, -0.25) is 0 Å². The topological polar surface area (TPSA) is 75.8 Å². The number of aromatic nitrogens is 1. The van der Waals surface area contributed by atoms with E-state index < -0.39 is 0 Å². The van der Waals surface area contributed by atoms with E-state index in [9.17, 15) is 0 Å². The first-order valence-electron chi connectivity index (χ1n) is 3.94. The number of anilines is 1. The van der Waals surface area contributed by atoms with E-state index in [0.29, 0.717) is 5.89 Å². The second-order valence-electron chi connectivity index (χ2n) is 2.75. The molecule has 0 unspecified atom stereocenters. The molecule has 2 aromatic rings. The SMILES string of the molecule is Cc1ccc(-c2nc(C#N)c(N)o2)s1. The molecule has 2 aromatic heterocycles. The third kappa shape index (κ3) is 1.36. The molecule has 0 saturated carbocycles. The molecule has 0 aliphatic carbocycles. The van der Waals surface area contributed by atoms with Crippen molar-refractivity contribution >= 4 is 17.2 Å². The van der Waals surface area contributed by atoms with Crippen LogP contribution in [0.3, 0.4) is 0 Å². The summed E-state index contributed by atoms with van der Waals surface area (Å²) >= 11 is 1.55. The molecule has 2 heterocycles. The molecule has 0 spiro atoms. The average molecular weight is 205 g/mol. The number of hydrogen-bond donors (Lipinski definition) is 1. The predicted molar refractivity (Wildman–Crippen MR) is 53.7 cm³/mol. The van der Waals surface area contributed by atoms with Gasteiger partial charge in [0.1, 0.15) is 6.07 Å². The lowest BCUT2D eigenvalue weighted by Crippen LogP contribution is -1.83. The molecule has 2 rings (SSSR count). The number of nitrogens with zero attached hydrogens (tertiary/aromatic N) is 2. The van der Waals surface area contributed by atoms with Crippen LogP contribution in [0.4, 0.5) is 5.88 Å². The van der Waals surface area contributed by atoms with Gasteiger partial charge in [-0.05, 0) is 19.1 Å². The van der Waals surface area contributed by atoms with Crippen molar-refractivity contribution in [1.82, 2.24) is 4.98 Å². The Morgan fingerprint density at radius 1 is 1.57 bits per heavy atom. The first kappa shape index (κ1) is 8.78. The monoisotopic (exact) mass is 205 g/mol. The molecule has 4 nitrogen and oxygen atoms in total. The van der Waals surface area contributed by atoms with Gasteiger partial charge < -0.3 is 10.2 Å². The Balaban J connectivity index is 2.48. The zero-order valence-corrected chi connectivity index (χ0v) is 8.26. The fourth-order valence-electron chi connectivity index (χ4n) is 1.07. The van der Waals surface area contributed by atoms with Crippen molar-refractivity contribution in [2.45, 2.75) is 6.92 Å². The van der Waals surface area contributed by atoms with E-state index in [2.05, 4.69) is 4.98 Å². The van der Waals surface area contributed by atoms with Gasteiger partial charge in [0.05, 0.1) is 4.88 Å². The fraction of sp³-hybridized carbons (Fsp3) is 0.111. The quantitative estimate of drug-likeness (QED) is 0.774. The highest BCUT2D eigenvalue weighted by atomic mass is 32.1. The van der Waals surface area contributed by atoms with Crippen LogP contribution in [0.5, 0.6) is 0 Å². The van der Waals surface area contributed by atoms with E-state index in [1.165, 1.54) is 0 Å². The summed E-state index contributed by atoms with van der Waals surface area (Å²) in [5.41, 5.74) is 5.59. The van der Waals surface area contributed by atoms with Crippen molar-refractivity contribution in [2.75, 3.05) is 5.73 Å². The van der Waals surface area contributed by atoms with Crippen molar-refractivity contribution in [1.29, 1.82) is 5.26 Å². The van der Waals surface area contributed by atoms with Gasteiger partial charge in [0, 0.05) is 4.88 Å². The van der Waals surface area contributed by atoms with E-state index in [0.717, 1.165) is 9.75 Å². The molecular weight excluding hydrogens is 198 g/mol. The number of aryl methyl sites for hydroxylation is 1. The predicted octanol–water partition coefficient (Wildman–Crippen LogP) is 2.17. The van der Waals surface area contributed by atoms with Crippen LogP contribution in [0.15, 0.2) is 16.5 Å². The van der Waals surface area contributed by atoms with E-state index in [-0.39, 0.29) is 11.6 Å². The maximum Gasteiger partial charge on any atom is 0.240 e. The second-order valence-corrected chi connectivity index (χ2v) is 4.04. The number of oxazole rings is 1. The summed E-state index contributed by atoms with van der Waals surface area (Å²) in [6.07, 6.45) is 0. The lowest BCUT2D eigenvalue weighted by atomic mass is 10.4. The molecule has 0 aromatic carbocycles. The standard InChI is InChI=1S/C9H7N3OS/c1-5-2-3-7(14-5)9-12-6(4-10)8(11)13-9/h2-3H,11H2,1H3. The summed E-state index contributed by atoms with van der Waals surface area (Å²) in [5, 5.41) is 8.63. The van der Waals surface area contributed by atoms with Crippen LogP contribution in [0.2, 0.25) is 0 Å². The Bertz CT molecular complexity index is 506. The summed E-state index contributed by atoms with van der Waals surface area (Å²) in [6.45, 7) is 1.99. The van der Waals surface area contributed by atoms with Crippen LogP contribution in [-0.2, 0) is 0 Å². The van der Waals surface area contributed by atoms with Crippen LogP contribution in [0.1, 0.15) is 10.6 Å². The molecule has 0 saturated heterocycles. The van der Waals surface area contributed by atoms with Gasteiger partial charge in [0.2, 0.25) is 17.5 Å². The highest BCUT2D eigenvalue weighted by Crippen LogP contribution is 2.29. The van der Waals surface area contributed by atoms with Crippen LogP contribution in [0.25, 0.3) is 10.8 Å². The van der Waals surface area contributed by atoms with Crippen molar-refractivity contribution in [3.05, 3.63) is 22.7 Å². The summed E-state index contributed by atoms with van der Waals surface area (Å²) in [6, 6.07) is 5.73. The molecular formula is C9H7N3OS. The van der Waals surface area contributed by atoms with E-state index in [1.807, 2.05) is 25.1 Å². The van der Waals surface area contributed by atoms with Crippen molar-refractivity contribution in [2.24, 2.45) is 0 Å². The van der Waals surface area contributed by atoms with Crippen molar-refractivity contribution in [3.63, 3.8) is 0 Å². The molecule has 2 N–H and O–H groups in total. The van der Waals surface area contributed by atoms with Gasteiger partial charge in [-0.15, -0.1) is 11.3 Å². The number of nitrogens with two attached hydrogens (primary N) is 1. The van der Waals surface area contributed by atoms with Gasteiger partial charge in [0.25, 0.3) is 0 Å². The fourth-order valence-corrected chi connectivity index (χ4v) is 1.86. The number of nitriles is 1. The number of rotatable bonds is 1. The molecule has 5 heteroatoms. The Morgan fingerprint density at radius 3 is 2.86 bits per heavy atom. The highest BCUT2D eigenvalue weighted by molar-refractivity contribution is 7.15. The Labute approximate surface area is 84.6 Å². The molecule has 0 bridgehead atoms. The normalized spacial score (nSPS) is 10.0. The van der Waals surface area contributed by atoms with Crippen LogP contribution < -0.4 is 5.73 Å². The summed E-state index contributed by atoms with van der Waals surface area (Å²) in [7, 11) is 0. The van der Waals surface area contributed by atoms with Gasteiger partial charge in [-0.1, -0.05) is 0 Å². The number of thiophene rings is 1. The third-order valence-corrected chi connectivity index (χ3v) is 2.70. The minimum Gasteiger partial charge on any atom is -0.419 e. The zero-order chi connectivity index (χ0) is 10.1. The Morgan fingerprint density at radius 2 is 2.36 bits per heavy atom. The van der Waals surface area contributed by atoms with Gasteiger partial charge in [0.15, 0.2) is 0 Å². The minimum absolute atomic E-state index is 0.0774. The molecule has 0 radical (unpaired) electrons. The van der Waals surface area contributed by atoms with Crippen molar-refractivity contribution in [3.8, 4) is 16.8 Å². The number of nitrogen functional groups attached to an aromatic ring is 1. The average Bonchev–Trinajstić information content (AvgIpc) is 2.71. The van der Waals surface area contributed by atoms with Crippen molar-refractivity contribution < 1.29 is 4.42 Å². The molecule has 0 aliphatic heterocycles. The Hall–Kier alpha value is -1.80. The van der Waals surface area contributed by atoms with Gasteiger partial charge >= 0.3 is 0 Å². The largest absolute Gasteiger partial charge is 0.419 e. The molecule has 70 valence electrons. The smallest absolute Gasteiger partial charge is 0.240 e. The lowest BCUT2D eigenvalue weighted by Gasteiger charge is -1.85. The van der Waals surface area contributed by atoms with E-state index >= 15 is 0 Å². The maximum atomic E-state index is 8.63. The second kappa shape index (κ2) is 3.16.